The number of halogens is 2. The topological polar surface area (TPSA) is 53.1 Å². The molecule has 0 saturated heterocycles. The van der Waals surface area contributed by atoms with Gasteiger partial charge < -0.3 is 10.5 Å². The van der Waals surface area contributed by atoms with Gasteiger partial charge in [-0.15, -0.1) is 0 Å². The quantitative estimate of drug-likeness (QED) is 0.927. The third-order valence-electron chi connectivity index (χ3n) is 2.44. The lowest BCUT2D eigenvalue weighted by molar-refractivity contribution is 0.410. The zero-order valence-electron chi connectivity index (χ0n) is 9.37. The summed E-state index contributed by atoms with van der Waals surface area (Å²) >= 11 is 3.31. The van der Waals surface area contributed by atoms with Crippen molar-refractivity contribution < 1.29 is 9.13 Å². The molecular formula is C11H11BrFN3O. The molecule has 2 N–H and O–H groups in total. The smallest absolute Gasteiger partial charge is 0.145 e. The highest BCUT2D eigenvalue weighted by atomic mass is 79.9. The van der Waals surface area contributed by atoms with E-state index in [0.717, 1.165) is 0 Å². The van der Waals surface area contributed by atoms with Gasteiger partial charge in [0, 0.05) is 13.1 Å². The largest absolute Gasteiger partial charge is 0.495 e. The van der Waals surface area contributed by atoms with Gasteiger partial charge in [-0.2, -0.15) is 5.10 Å². The van der Waals surface area contributed by atoms with Gasteiger partial charge in [-0.3, -0.25) is 4.68 Å². The highest BCUT2D eigenvalue weighted by Gasteiger charge is 2.18. The maximum Gasteiger partial charge on any atom is 0.145 e. The molecule has 0 saturated carbocycles. The van der Waals surface area contributed by atoms with E-state index in [-0.39, 0.29) is 0 Å². The molecule has 0 spiro atoms. The van der Waals surface area contributed by atoms with Gasteiger partial charge in [0.25, 0.3) is 0 Å². The minimum atomic E-state index is -0.400. The van der Waals surface area contributed by atoms with E-state index in [9.17, 15) is 4.39 Å². The van der Waals surface area contributed by atoms with Gasteiger partial charge in [-0.1, -0.05) is 0 Å². The van der Waals surface area contributed by atoms with Crippen LogP contribution in [0.5, 0.6) is 5.75 Å². The Labute approximate surface area is 106 Å². The fourth-order valence-corrected chi connectivity index (χ4v) is 2.07. The van der Waals surface area contributed by atoms with Crippen LogP contribution in [-0.2, 0) is 7.05 Å². The van der Waals surface area contributed by atoms with Crippen LogP contribution in [0.3, 0.4) is 0 Å². The average Bonchev–Trinajstić information content (AvgIpc) is 2.61. The Morgan fingerprint density at radius 1 is 1.47 bits per heavy atom. The Bertz CT molecular complexity index is 549. The molecule has 1 heterocycles. The number of hydrogen-bond donors (Lipinski definition) is 1. The molecule has 0 amide bonds. The molecule has 2 rings (SSSR count). The summed E-state index contributed by atoms with van der Waals surface area (Å²) in [6, 6.07) is 4.55. The first kappa shape index (κ1) is 11.9. The molecule has 1 aromatic heterocycles. The molecule has 1 aromatic carbocycles. The fourth-order valence-electron chi connectivity index (χ4n) is 1.58. The lowest BCUT2D eigenvalue weighted by atomic mass is 10.1. The molecule has 0 atom stereocenters. The van der Waals surface area contributed by atoms with Crippen LogP contribution in [0, 0.1) is 5.82 Å². The number of anilines is 1. The Morgan fingerprint density at radius 2 is 2.18 bits per heavy atom. The van der Waals surface area contributed by atoms with Crippen LogP contribution in [0.15, 0.2) is 22.7 Å². The van der Waals surface area contributed by atoms with Crippen molar-refractivity contribution in [2.24, 2.45) is 7.05 Å². The summed E-state index contributed by atoms with van der Waals surface area (Å²) in [5, 5.41) is 4.14. The molecule has 0 aliphatic rings. The first-order valence-electron chi connectivity index (χ1n) is 4.86. The number of nitrogen functional groups attached to an aromatic ring is 1. The number of hydrogen-bond acceptors (Lipinski definition) is 3. The molecule has 0 fully saturated rings. The van der Waals surface area contributed by atoms with Crippen LogP contribution in [0.4, 0.5) is 10.2 Å². The normalized spacial score (nSPS) is 10.6. The maximum atomic E-state index is 13.9. The predicted octanol–water partition coefficient (Wildman–Crippen LogP) is 2.58. The summed E-state index contributed by atoms with van der Waals surface area (Å²) in [7, 11) is 3.18. The zero-order chi connectivity index (χ0) is 12.6. The molecule has 0 unspecified atom stereocenters. The van der Waals surface area contributed by atoms with Crippen molar-refractivity contribution in [3.63, 3.8) is 0 Å². The molecule has 6 heteroatoms. The van der Waals surface area contributed by atoms with Gasteiger partial charge in [0.05, 0.1) is 17.1 Å². The van der Waals surface area contributed by atoms with Crippen LogP contribution >= 0.6 is 15.9 Å². The number of nitrogens with two attached hydrogens (primary N) is 1. The van der Waals surface area contributed by atoms with Gasteiger partial charge >= 0.3 is 0 Å². The first-order chi connectivity index (χ1) is 8.04. The zero-order valence-corrected chi connectivity index (χ0v) is 11.0. The number of nitrogens with zero attached hydrogens (tertiary/aromatic N) is 2. The van der Waals surface area contributed by atoms with E-state index in [4.69, 9.17) is 10.5 Å². The number of aryl methyl sites for hydroxylation is 1. The molecule has 90 valence electrons. The van der Waals surface area contributed by atoms with E-state index >= 15 is 0 Å². The monoisotopic (exact) mass is 299 g/mol. The Balaban J connectivity index is 2.69. The van der Waals surface area contributed by atoms with Gasteiger partial charge in [0.1, 0.15) is 23.1 Å². The van der Waals surface area contributed by atoms with Crippen LogP contribution in [0.1, 0.15) is 0 Å². The second kappa shape index (κ2) is 4.37. The molecule has 17 heavy (non-hydrogen) atoms. The number of aromatic nitrogens is 2. The third-order valence-corrected chi connectivity index (χ3v) is 3.06. The molecule has 0 aliphatic carbocycles. The Morgan fingerprint density at radius 3 is 2.71 bits per heavy atom. The van der Waals surface area contributed by atoms with E-state index in [1.807, 2.05) is 0 Å². The van der Waals surface area contributed by atoms with Crippen molar-refractivity contribution in [2.45, 2.75) is 0 Å². The van der Waals surface area contributed by atoms with Crippen LogP contribution in [-0.4, -0.2) is 16.9 Å². The molecule has 0 radical (unpaired) electrons. The van der Waals surface area contributed by atoms with Crippen molar-refractivity contribution in [2.75, 3.05) is 12.8 Å². The highest BCUT2D eigenvalue weighted by molar-refractivity contribution is 9.10. The minimum absolute atomic E-state index is 0.300. The first-order valence-corrected chi connectivity index (χ1v) is 5.65. The number of ether oxygens (including phenoxy) is 1. The van der Waals surface area contributed by atoms with Gasteiger partial charge in [-0.25, -0.2) is 4.39 Å². The number of benzene rings is 1. The molecule has 2 aromatic rings. The fraction of sp³-hybridized carbons (Fsp3) is 0.182. The van der Waals surface area contributed by atoms with Gasteiger partial charge in [0.2, 0.25) is 0 Å². The Hall–Kier alpha value is -1.56. The Kier molecular flexibility index (Phi) is 3.06. The van der Waals surface area contributed by atoms with Crippen molar-refractivity contribution in [3.05, 3.63) is 28.5 Å². The highest BCUT2D eigenvalue weighted by Crippen LogP contribution is 2.38. The summed E-state index contributed by atoms with van der Waals surface area (Å²) in [4.78, 5) is 0. The lowest BCUT2D eigenvalue weighted by Crippen LogP contribution is -1.97. The third kappa shape index (κ3) is 2.00. The summed E-state index contributed by atoms with van der Waals surface area (Å²) < 4.78 is 21.2. The van der Waals surface area contributed by atoms with E-state index < -0.39 is 5.82 Å². The van der Waals surface area contributed by atoms with Gasteiger partial charge in [-0.05, 0) is 28.1 Å². The number of rotatable bonds is 2. The van der Waals surface area contributed by atoms with Crippen LogP contribution in [0.25, 0.3) is 11.3 Å². The summed E-state index contributed by atoms with van der Waals surface area (Å²) in [5.74, 6) is 0.465. The van der Waals surface area contributed by atoms with E-state index in [0.29, 0.717) is 27.3 Å². The van der Waals surface area contributed by atoms with Crippen molar-refractivity contribution in [1.82, 2.24) is 9.78 Å². The van der Waals surface area contributed by atoms with Crippen molar-refractivity contribution in [3.8, 4) is 17.0 Å². The summed E-state index contributed by atoms with van der Waals surface area (Å²) in [5.41, 5.74) is 6.43. The lowest BCUT2D eigenvalue weighted by Gasteiger charge is -2.09. The second-order valence-electron chi connectivity index (χ2n) is 3.52. The average molecular weight is 300 g/mol. The van der Waals surface area contributed by atoms with Crippen LogP contribution in [0.2, 0.25) is 0 Å². The van der Waals surface area contributed by atoms with E-state index in [2.05, 4.69) is 21.0 Å². The molecule has 0 aliphatic heterocycles. The second-order valence-corrected chi connectivity index (χ2v) is 4.37. The predicted molar refractivity (Wildman–Crippen MR) is 67.3 cm³/mol. The molecule has 4 nitrogen and oxygen atoms in total. The SMILES string of the molecule is COc1c(Br)ccc(F)c1-c1cc(N)n(C)n1. The van der Waals surface area contributed by atoms with Crippen molar-refractivity contribution >= 4 is 21.7 Å². The summed E-state index contributed by atoms with van der Waals surface area (Å²) in [6.45, 7) is 0. The van der Waals surface area contributed by atoms with E-state index in [1.54, 1.807) is 19.2 Å². The number of methoxy groups -OCH3 is 1. The van der Waals surface area contributed by atoms with Gasteiger partial charge in [0.15, 0.2) is 0 Å². The standard InChI is InChI=1S/C11H11BrFN3O/c1-16-9(14)5-8(15-16)10-7(13)4-3-6(12)11(10)17-2/h3-5H,14H2,1-2H3. The van der Waals surface area contributed by atoms with E-state index in [1.165, 1.54) is 17.9 Å². The summed E-state index contributed by atoms with van der Waals surface area (Å²) in [6.07, 6.45) is 0. The van der Waals surface area contributed by atoms with Crippen molar-refractivity contribution in [1.29, 1.82) is 0 Å². The maximum absolute atomic E-state index is 13.9. The molecular weight excluding hydrogens is 289 g/mol. The minimum Gasteiger partial charge on any atom is -0.495 e. The van der Waals surface area contributed by atoms with Crippen LogP contribution < -0.4 is 10.5 Å². The molecule has 0 bridgehead atoms.